The normalized spacial score (nSPS) is 11.6. The highest BCUT2D eigenvalue weighted by atomic mass is 32.1. The zero-order valence-corrected chi connectivity index (χ0v) is 15.7. The summed E-state index contributed by atoms with van der Waals surface area (Å²) in [4.78, 5) is 17.9. The van der Waals surface area contributed by atoms with Gasteiger partial charge in [0.2, 0.25) is 0 Å². The van der Waals surface area contributed by atoms with Gasteiger partial charge in [0.15, 0.2) is 0 Å². The molecule has 3 rings (SSSR count). The van der Waals surface area contributed by atoms with E-state index < -0.39 is 12.3 Å². The summed E-state index contributed by atoms with van der Waals surface area (Å²) in [7, 11) is 1.56. The van der Waals surface area contributed by atoms with E-state index in [0.717, 1.165) is 34.7 Å². The van der Waals surface area contributed by atoms with Gasteiger partial charge in [-0.25, -0.2) is 4.98 Å². The van der Waals surface area contributed by atoms with Gasteiger partial charge in [-0.15, -0.1) is 24.5 Å². The minimum Gasteiger partial charge on any atom is -0.406 e. The highest BCUT2D eigenvalue weighted by Crippen LogP contribution is 2.36. The maximum Gasteiger partial charge on any atom is 0.573 e. The minimum absolute atomic E-state index is 0.265. The van der Waals surface area contributed by atoms with Crippen LogP contribution in [0.25, 0.3) is 10.2 Å². The van der Waals surface area contributed by atoms with Gasteiger partial charge in [-0.1, -0.05) is 0 Å². The number of thiophene rings is 1. The van der Waals surface area contributed by atoms with Gasteiger partial charge in [0.1, 0.15) is 15.5 Å². The maximum atomic E-state index is 12.6. The lowest BCUT2D eigenvalue weighted by Crippen LogP contribution is -2.17. The number of benzene rings is 1. The molecule has 1 aromatic carbocycles. The zero-order chi connectivity index (χ0) is 20.5. The van der Waals surface area contributed by atoms with Crippen LogP contribution in [0, 0.1) is 6.92 Å². The number of methoxy groups -OCH3 is 1. The number of hydrogen-bond donors (Lipinski definition) is 2. The quantitative estimate of drug-likeness (QED) is 0.646. The number of rotatable bonds is 5. The summed E-state index contributed by atoms with van der Waals surface area (Å²) < 4.78 is 45.6. The molecule has 0 unspecified atom stereocenters. The number of carbonyl (C=O) groups excluding carboxylic acids is 1. The van der Waals surface area contributed by atoms with Crippen molar-refractivity contribution in [2.24, 2.45) is 0 Å². The Kier molecular flexibility index (Phi) is 5.43. The SMILES string of the molecule is COCc1cc(C)nc2sc(C(=O)Nc3ccc(OC(F)(F)F)cc3)c(N)c12. The van der Waals surface area contributed by atoms with Crippen molar-refractivity contribution in [2.75, 3.05) is 18.2 Å². The monoisotopic (exact) mass is 411 g/mol. The second kappa shape index (κ2) is 7.64. The van der Waals surface area contributed by atoms with Crippen LogP contribution >= 0.6 is 11.3 Å². The van der Waals surface area contributed by atoms with Crippen molar-refractivity contribution in [1.82, 2.24) is 4.98 Å². The fraction of sp³-hybridized carbons (Fsp3) is 0.222. The van der Waals surface area contributed by atoms with E-state index in [9.17, 15) is 18.0 Å². The van der Waals surface area contributed by atoms with E-state index >= 15 is 0 Å². The van der Waals surface area contributed by atoms with Crippen LogP contribution < -0.4 is 15.8 Å². The van der Waals surface area contributed by atoms with Crippen LogP contribution in [-0.2, 0) is 11.3 Å². The standard InChI is InChI=1S/C18H16F3N3O3S/c1-9-7-10(8-26-2)13-14(22)15(28-17(13)23-9)16(25)24-11-3-5-12(6-4-11)27-18(19,20)21/h3-7H,8,22H2,1-2H3,(H,24,25). The number of amides is 1. The van der Waals surface area contributed by atoms with Crippen molar-refractivity contribution in [2.45, 2.75) is 19.9 Å². The molecule has 0 fully saturated rings. The van der Waals surface area contributed by atoms with Crippen molar-refractivity contribution in [3.63, 3.8) is 0 Å². The van der Waals surface area contributed by atoms with Crippen LogP contribution in [0.3, 0.4) is 0 Å². The molecule has 10 heteroatoms. The first-order valence-corrected chi connectivity index (χ1v) is 8.84. The number of fused-ring (bicyclic) bond motifs is 1. The lowest BCUT2D eigenvalue weighted by Gasteiger charge is -2.10. The van der Waals surface area contributed by atoms with Crippen LogP contribution in [0.5, 0.6) is 5.75 Å². The molecule has 0 aliphatic rings. The van der Waals surface area contributed by atoms with E-state index in [1.165, 1.54) is 12.1 Å². The second-order valence-electron chi connectivity index (χ2n) is 5.91. The molecule has 28 heavy (non-hydrogen) atoms. The number of aromatic nitrogens is 1. The Morgan fingerprint density at radius 3 is 2.57 bits per heavy atom. The molecule has 0 atom stereocenters. The summed E-state index contributed by atoms with van der Waals surface area (Å²) in [6.07, 6.45) is -4.78. The van der Waals surface area contributed by atoms with Gasteiger partial charge in [0.05, 0.1) is 12.3 Å². The Morgan fingerprint density at radius 2 is 1.96 bits per heavy atom. The van der Waals surface area contributed by atoms with Gasteiger partial charge in [-0.05, 0) is 42.8 Å². The van der Waals surface area contributed by atoms with Crippen molar-refractivity contribution in [1.29, 1.82) is 0 Å². The number of aryl methyl sites for hydroxylation is 1. The van der Waals surface area contributed by atoms with Crippen LogP contribution in [0.1, 0.15) is 20.9 Å². The van der Waals surface area contributed by atoms with E-state index in [4.69, 9.17) is 10.5 Å². The summed E-state index contributed by atoms with van der Waals surface area (Å²) in [6, 6.07) is 6.68. The number of alkyl halides is 3. The predicted molar refractivity (Wildman–Crippen MR) is 101 cm³/mol. The predicted octanol–water partition coefficient (Wildman–Crippen LogP) is 4.48. The van der Waals surface area contributed by atoms with Crippen molar-refractivity contribution >= 4 is 38.8 Å². The molecule has 2 aromatic heterocycles. The van der Waals surface area contributed by atoms with Crippen LogP contribution in [0.2, 0.25) is 0 Å². The number of nitrogen functional groups attached to an aromatic ring is 1. The summed E-state index contributed by atoms with van der Waals surface area (Å²) >= 11 is 1.14. The molecule has 2 heterocycles. The molecule has 0 radical (unpaired) electrons. The number of carbonyl (C=O) groups is 1. The number of nitrogens with two attached hydrogens (primary N) is 1. The van der Waals surface area contributed by atoms with E-state index in [-0.39, 0.29) is 16.3 Å². The third kappa shape index (κ3) is 4.34. The first-order chi connectivity index (χ1) is 13.2. The molecular formula is C18H16F3N3O3S. The number of nitrogens with one attached hydrogen (secondary N) is 1. The lowest BCUT2D eigenvalue weighted by atomic mass is 10.1. The number of hydrogen-bond acceptors (Lipinski definition) is 6. The molecule has 0 bridgehead atoms. The molecule has 0 saturated carbocycles. The van der Waals surface area contributed by atoms with Crippen LogP contribution in [0.15, 0.2) is 30.3 Å². The fourth-order valence-electron chi connectivity index (χ4n) is 2.70. The Morgan fingerprint density at radius 1 is 1.29 bits per heavy atom. The van der Waals surface area contributed by atoms with E-state index in [0.29, 0.717) is 22.5 Å². The Balaban J connectivity index is 1.86. The van der Waals surface area contributed by atoms with Gasteiger partial charge < -0.3 is 20.5 Å². The molecule has 1 amide bonds. The lowest BCUT2D eigenvalue weighted by molar-refractivity contribution is -0.274. The van der Waals surface area contributed by atoms with Crippen molar-refractivity contribution in [3.8, 4) is 5.75 Å². The maximum absolute atomic E-state index is 12.6. The number of anilines is 2. The second-order valence-corrected chi connectivity index (χ2v) is 6.91. The number of pyridine rings is 1. The van der Waals surface area contributed by atoms with E-state index in [1.807, 2.05) is 13.0 Å². The van der Waals surface area contributed by atoms with E-state index in [1.54, 1.807) is 7.11 Å². The van der Waals surface area contributed by atoms with Gasteiger partial charge in [-0.2, -0.15) is 0 Å². The summed E-state index contributed by atoms with van der Waals surface area (Å²) in [5, 5.41) is 3.28. The van der Waals surface area contributed by atoms with Crippen LogP contribution in [0.4, 0.5) is 24.5 Å². The topological polar surface area (TPSA) is 86.5 Å². The van der Waals surface area contributed by atoms with Crippen molar-refractivity contribution < 1.29 is 27.4 Å². The van der Waals surface area contributed by atoms with Gasteiger partial charge in [0.25, 0.3) is 5.91 Å². The van der Waals surface area contributed by atoms with E-state index in [2.05, 4.69) is 15.0 Å². The third-order valence-corrected chi connectivity index (χ3v) is 4.86. The molecule has 3 aromatic rings. The van der Waals surface area contributed by atoms with Gasteiger partial charge in [-0.3, -0.25) is 4.79 Å². The number of halogens is 3. The first kappa shape index (κ1) is 19.9. The smallest absolute Gasteiger partial charge is 0.406 e. The highest BCUT2D eigenvalue weighted by molar-refractivity contribution is 7.21. The Labute approximate surface area is 162 Å². The molecule has 0 aliphatic heterocycles. The Bertz CT molecular complexity index is 1020. The molecular weight excluding hydrogens is 395 g/mol. The fourth-order valence-corrected chi connectivity index (χ4v) is 3.78. The van der Waals surface area contributed by atoms with Gasteiger partial charge in [0, 0.05) is 23.9 Å². The molecule has 0 spiro atoms. The van der Waals surface area contributed by atoms with Crippen molar-refractivity contribution in [3.05, 3.63) is 46.5 Å². The largest absolute Gasteiger partial charge is 0.573 e. The van der Waals surface area contributed by atoms with Crippen LogP contribution in [-0.4, -0.2) is 24.4 Å². The summed E-state index contributed by atoms with van der Waals surface area (Å²) in [5.41, 5.74) is 8.36. The Hall–Kier alpha value is -2.85. The molecule has 6 nitrogen and oxygen atoms in total. The number of ether oxygens (including phenoxy) is 2. The third-order valence-electron chi connectivity index (χ3n) is 3.76. The minimum atomic E-state index is -4.78. The molecule has 148 valence electrons. The average Bonchev–Trinajstić information content (AvgIpc) is 2.92. The summed E-state index contributed by atoms with van der Waals surface area (Å²) in [5.74, 6) is -0.859. The summed E-state index contributed by atoms with van der Waals surface area (Å²) in [6.45, 7) is 2.15. The highest BCUT2D eigenvalue weighted by Gasteiger charge is 2.31. The molecule has 0 aliphatic carbocycles. The number of nitrogens with zero attached hydrogens (tertiary/aromatic N) is 1. The average molecular weight is 411 g/mol. The molecule has 3 N–H and O–H groups in total. The first-order valence-electron chi connectivity index (χ1n) is 8.02. The zero-order valence-electron chi connectivity index (χ0n) is 14.9. The van der Waals surface area contributed by atoms with Gasteiger partial charge >= 0.3 is 6.36 Å². The molecule has 0 saturated heterocycles.